The van der Waals surface area contributed by atoms with E-state index in [9.17, 15) is 0 Å². The third-order valence-electron chi connectivity index (χ3n) is 0.457. The lowest BCUT2D eigenvalue weighted by atomic mass is 10.6. The largest absolute Gasteiger partial charge is 0.367 e. The Balaban J connectivity index is 2.38. The summed E-state index contributed by atoms with van der Waals surface area (Å²) in [6, 6.07) is 0. The summed E-state index contributed by atoms with van der Waals surface area (Å²) in [5.41, 5.74) is 0. The van der Waals surface area contributed by atoms with Gasteiger partial charge in [-0.05, 0) is 11.5 Å². The topological polar surface area (TPSA) is 32.3 Å². The smallest absolute Gasteiger partial charge is 0.193 e. The monoisotopic (exact) mass is 102 g/mol. The van der Waals surface area contributed by atoms with Crippen LogP contribution in [0.15, 0.2) is 11.5 Å². The highest BCUT2D eigenvalue weighted by atomic mass is 32.2. The van der Waals surface area contributed by atoms with Gasteiger partial charge in [0.15, 0.2) is 6.23 Å². The molecule has 0 saturated carbocycles. The molecular formula is C3H4NOS. The fourth-order valence-electron chi connectivity index (χ4n) is 0.227. The number of hydrogen-bond donors (Lipinski definition) is 2. The van der Waals surface area contributed by atoms with Gasteiger partial charge in [0.05, 0.1) is 0 Å². The predicted molar refractivity (Wildman–Crippen MR) is 25.0 cm³/mol. The Kier molecular flexibility index (Phi) is 1.14. The van der Waals surface area contributed by atoms with Gasteiger partial charge in [-0.15, -0.1) is 0 Å². The molecule has 1 aliphatic heterocycles. The van der Waals surface area contributed by atoms with Crippen molar-refractivity contribution in [3.05, 3.63) is 17.7 Å². The molecule has 1 heterocycles. The van der Waals surface area contributed by atoms with Crippen molar-refractivity contribution < 1.29 is 5.11 Å². The first-order chi connectivity index (χ1) is 2.89. The first-order valence-corrected chi connectivity index (χ1v) is 2.42. The fourth-order valence-corrected chi connectivity index (χ4v) is 0.681. The summed E-state index contributed by atoms with van der Waals surface area (Å²) in [6.45, 7) is 0. The summed E-state index contributed by atoms with van der Waals surface area (Å²) in [6.07, 6.45) is 1.84. The van der Waals surface area contributed by atoms with E-state index in [1.165, 1.54) is 11.9 Å². The van der Waals surface area contributed by atoms with Gasteiger partial charge in [0.2, 0.25) is 0 Å². The van der Waals surface area contributed by atoms with E-state index >= 15 is 0 Å². The third kappa shape index (κ3) is 0.739. The predicted octanol–water partition coefficient (Wildman–Crippen LogP) is 0.613. The zero-order chi connectivity index (χ0) is 4.41. The molecule has 0 amide bonds. The molecule has 1 aliphatic rings. The average Bonchev–Trinajstić information content (AvgIpc) is 1.86. The number of nitrogens with one attached hydrogen (secondary N) is 1. The first-order valence-electron chi connectivity index (χ1n) is 1.54. The summed E-state index contributed by atoms with van der Waals surface area (Å²) in [5, 5.41) is 10.2. The molecule has 0 saturated heterocycles. The molecule has 0 fully saturated rings. The second kappa shape index (κ2) is 1.64. The minimum atomic E-state index is 0.236. The van der Waals surface area contributed by atoms with Crippen LogP contribution in [0.1, 0.15) is 0 Å². The van der Waals surface area contributed by atoms with Gasteiger partial charge in [-0.3, -0.25) is 0 Å². The molecular weight excluding hydrogens is 98.1 g/mol. The van der Waals surface area contributed by atoms with E-state index in [1.807, 2.05) is 0 Å². The van der Waals surface area contributed by atoms with Crippen LogP contribution >= 0.6 is 11.9 Å². The molecule has 0 spiro atoms. The van der Waals surface area contributed by atoms with Crippen LogP contribution in [0.25, 0.3) is 0 Å². The van der Waals surface area contributed by atoms with Gasteiger partial charge in [0.1, 0.15) is 0 Å². The molecule has 33 valence electrons. The molecule has 0 atom stereocenters. The lowest BCUT2D eigenvalue weighted by Crippen LogP contribution is -2.02. The summed E-state index contributed by atoms with van der Waals surface area (Å²) in [7, 11) is 0. The van der Waals surface area contributed by atoms with E-state index in [1.54, 1.807) is 11.5 Å². The average molecular weight is 102 g/mol. The molecule has 3 heteroatoms. The minimum Gasteiger partial charge on any atom is -0.367 e. The van der Waals surface area contributed by atoms with Crippen LogP contribution in [-0.2, 0) is 0 Å². The summed E-state index contributed by atoms with van der Waals surface area (Å²) in [5.74, 6) is 0. The van der Waals surface area contributed by atoms with Gasteiger partial charge in [-0.1, -0.05) is 11.9 Å². The van der Waals surface area contributed by atoms with E-state index < -0.39 is 0 Å². The second-order valence-corrected chi connectivity index (χ2v) is 1.62. The quantitative estimate of drug-likeness (QED) is 0.439. The maximum atomic E-state index is 8.43. The first kappa shape index (κ1) is 4.18. The Morgan fingerprint density at radius 2 is 2.67 bits per heavy atom. The molecule has 1 rings (SSSR count). The highest BCUT2D eigenvalue weighted by molar-refractivity contribution is 8.00. The van der Waals surface area contributed by atoms with Crippen LogP contribution < -0.4 is 4.72 Å². The molecule has 0 bridgehead atoms. The van der Waals surface area contributed by atoms with Crippen LogP contribution in [0.4, 0.5) is 0 Å². The molecule has 0 aromatic rings. The van der Waals surface area contributed by atoms with E-state index in [2.05, 4.69) is 4.72 Å². The molecule has 0 unspecified atom stereocenters. The van der Waals surface area contributed by atoms with Crippen molar-refractivity contribution in [1.29, 1.82) is 0 Å². The Bertz CT molecular complexity index is 73.2. The fraction of sp³-hybridized carbons (Fsp3) is 0. The molecule has 0 aromatic heterocycles. The lowest BCUT2D eigenvalue weighted by molar-refractivity contribution is 0.327. The van der Waals surface area contributed by atoms with Gasteiger partial charge >= 0.3 is 0 Å². The summed E-state index contributed by atoms with van der Waals surface area (Å²) >= 11 is 1.36. The normalized spacial score (nSPS) is 22.8. The van der Waals surface area contributed by atoms with Crippen molar-refractivity contribution in [2.45, 2.75) is 0 Å². The van der Waals surface area contributed by atoms with E-state index in [-0.39, 0.29) is 6.23 Å². The van der Waals surface area contributed by atoms with Gasteiger partial charge in [0, 0.05) is 0 Å². The highest BCUT2D eigenvalue weighted by Crippen LogP contribution is 2.10. The molecule has 0 aromatic carbocycles. The Morgan fingerprint density at radius 1 is 1.83 bits per heavy atom. The van der Waals surface area contributed by atoms with Crippen molar-refractivity contribution in [1.82, 2.24) is 4.72 Å². The molecule has 6 heavy (non-hydrogen) atoms. The van der Waals surface area contributed by atoms with Crippen LogP contribution in [-0.4, -0.2) is 5.11 Å². The lowest BCUT2D eigenvalue weighted by Gasteiger charge is -1.89. The van der Waals surface area contributed by atoms with Crippen LogP contribution in [0, 0.1) is 6.23 Å². The summed E-state index contributed by atoms with van der Waals surface area (Å²) in [4.78, 5) is 0. The maximum Gasteiger partial charge on any atom is 0.193 e. The third-order valence-corrected chi connectivity index (χ3v) is 1.06. The van der Waals surface area contributed by atoms with Gasteiger partial charge in [0.25, 0.3) is 0 Å². The SMILES string of the molecule is O[C]1C=CSN1. The van der Waals surface area contributed by atoms with Crippen molar-refractivity contribution in [3.63, 3.8) is 0 Å². The molecule has 2 nitrogen and oxygen atoms in total. The zero-order valence-electron chi connectivity index (χ0n) is 3.01. The Labute approximate surface area is 40.4 Å². The minimum absolute atomic E-state index is 0.236. The van der Waals surface area contributed by atoms with Crippen molar-refractivity contribution >= 4 is 11.9 Å². The Morgan fingerprint density at radius 3 is 2.83 bits per heavy atom. The summed E-state index contributed by atoms with van der Waals surface area (Å²) < 4.78 is 2.60. The van der Waals surface area contributed by atoms with E-state index in [4.69, 9.17) is 5.11 Å². The number of aliphatic hydroxyl groups excluding tert-OH is 1. The second-order valence-electron chi connectivity index (χ2n) is 0.908. The number of hydrogen-bond acceptors (Lipinski definition) is 3. The van der Waals surface area contributed by atoms with Crippen LogP contribution in [0.3, 0.4) is 0 Å². The molecule has 1 radical (unpaired) electrons. The van der Waals surface area contributed by atoms with E-state index in [0.717, 1.165) is 0 Å². The number of aliphatic hydroxyl groups is 1. The van der Waals surface area contributed by atoms with Crippen molar-refractivity contribution in [2.24, 2.45) is 0 Å². The van der Waals surface area contributed by atoms with Gasteiger partial charge < -0.3 is 5.11 Å². The number of rotatable bonds is 0. The van der Waals surface area contributed by atoms with Gasteiger partial charge in [-0.2, -0.15) is 0 Å². The van der Waals surface area contributed by atoms with Gasteiger partial charge in [-0.25, -0.2) is 4.72 Å². The highest BCUT2D eigenvalue weighted by Gasteiger charge is 2.01. The van der Waals surface area contributed by atoms with Crippen molar-refractivity contribution in [3.8, 4) is 0 Å². The van der Waals surface area contributed by atoms with Crippen molar-refractivity contribution in [2.75, 3.05) is 0 Å². The zero-order valence-corrected chi connectivity index (χ0v) is 3.83. The maximum absolute atomic E-state index is 8.43. The Hall–Kier alpha value is 0.01000. The molecule has 0 aliphatic carbocycles. The molecule has 2 N–H and O–H groups in total. The van der Waals surface area contributed by atoms with E-state index in [0.29, 0.717) is 0 Å². The van der Waals surface area contributed by atoms with Crippen LogP contribution in [0.2, 0.25) is 0 Å². The standard InChI is InChI=1S/C3H4NOS/c5-3-1-2-6-4-3/h1-2,4-5H. The van der Waals surface area contributed by atoms with Crippen LogP contribution in [0.5, 0.6) is 0 Å².